The molecule has 0 spiro atoms. The second kappa shape index (κ2) is 4.53. The first kappa shape index (κ1) is 15.4. The zero-order chi connectivity index (χ0) is 14.2. The summed E-state index contributed by atoms with van der Waals surface area (Å²) in [7, 11) is 0. The van der Waals surface area contributed by atoms with Crippen LogP contribution in [0.25, 0.3) is 0 Å². The maximum Gasteiger partial charge on any atom is 0.304 e. The van der Waals surface area contributed by atoms with Gasteiger partial charge in [0, 0.05) is 11.8 Å². The van der Waals surface area contributed by atoms with Crippen LogP contribution in [-0.2, 0) is 19.7 Å². The summed E-state index contributed by atoms with van der Waals surface area (Å²) in [5, 5.41) is 0.210. The van der Waals surface area contributed by atoms with Crippen LogP contribution in [0.5, 0.6) is 0 Å². The van der Waals surface area contributed by atoms with Crippen molar-refractivity contribution in [3.63, 3.8) is 0 Å². The molecular weight excluding hydrogens is 401 g/mol. The molecule has 3 nitrogen and oxygen atoms in total. The second-order valence-electron chi connectivity index (χ2n) is 4.61. The quantitative estimate of drug-likeness (QED) is 0.575. The van der Waals surface area contributed by atoms with Gasteiger partial charge < -0.3 is 0 Å². The molecular formula is C9H6Cl6O3S. The van der Waals surface area contributed by atoms with Crippen LogP contribution < -0.4 is 0 Å². The van der Waals surface area contributed by atoms with Gasteiger partial charge in [-0.15, -0.1) is 23.2 Å². The fourth-order valence-electron chi connectivity index (χ4n) is 2.96. The van der Waals surface area contributed by atoms with E-state index in [1.54, 1.807) is 0 Å². The molecule has 3 rings (SSSR count). The Morgan fingerprint density at radius 3 is 1.68 bits per heavy atom. The Hall–Kier alpha value is 1.55. The van der Waals surface area contributed by atoms with Gasteiger partial charge in [0.05, 0.1) is 23.3 Å². The molecule has 0 aromatic heterocycles. The van der Waals surface area contributed by atoms with Gasteiger partial charge in [0.2, 0.25) is 0 Å². The van der Waals surface area contributed by atoms with Crippen molar-refractivity contribution in [3.8, 4) is 0 Å². The third-order valence-corrected chi connectivity index (χ3v) is 8.95. The minimum absolute atomic E-state index is 0.0107. The van der Waals surface area contributed by atoms with Crippen LogP contribution in [0.1, 0.15) is 0 Å². The second-order valence-corrected chi connectivity index (χ2v) is 8.77. The van der Waals surface area contributed by atoms with Crippen molar-refractivity contribution in [2.45, 2.75) is 14.1 Å². The van der Waals surface area contributed by atoms with Crippen LogP contribution in [0.2, 0.25) is 0 Å². The maximum absolute atomic E-state index is 11.3. The molecule has 2 fully saturated rings. The van der Waals surface area contributed by atoms with Gasteiger partial charge in [0.25, 0.3) is 0 Å². The zero-order valence-electron chi connectivity index (χ0n) is 8.97. The molecule has 3 aliphatic rings. The molecule has 5 atom stereocenters. The molecule has 0 radical (unpaired) electrons. The van der Waals surface area contributed by atoms with Crippen LogP contribution in [0.15, 0.2) is 10.1 Å². The van der Waals surface area contributed by atoms with E-state index in [4.69, 9.17) is 78.0 Å². The van der Waals surface area contributed by atoms with Crippen LogP contribution in [-0.4, -0.2) is 31.5 Å². The lowest BCUT2D eigenvalue weighted by molar-refractivity contribution is 0.207. The third-order valence-electron chi connectivity index (χ3n) is 3.94. The van der Waals surface area contributed by atoms with Gasteiger partial charge in [-0.05, 0) is 0 Å². The number of fused-ring (bicyclic) bond motifs is 5. The van der Waals surface area contributed by atoms with Gasteiger partial charge >= 0.3 is 11.4 Å². The Labute approximate surface area is 142 Å². The fourth-order valence-corrected chi connectivity index (χ4v) is 6.60. The van der Waals surface area contributed by atoms with Crippen molar-refractivity contribution in [1.29, 1.82) is 0 Å². The number of rotatable bonds is 0. The summed E-state index contributed by atoms with van der Waals surface area (Å²) >= 11 is 36.4. The molecule has 2 bridgehead atoms. The number of hydrogen-bond donors (Lipinski definition) is 0. The molecule has 0 amide bonds. The Morgan fingerprint density at radius 2 is 1.32 bits per heavy atom. The molecule has 1 saturated carbocycles. The van der Waals surface area contributed by atoms with Gasteiger partial charge in [-0.2, -0.15) is 4.21 Å². The topological polar surface area (TPSA) is 35.5 Å². The van der Waals surface area contributed by atoms with Crippen molar-refractivity contribution >= 4 is 81.0 Å². The van der Waals surface area contributed by atoms with E-state index < -0.39 is 37.3 Å². The summed E-state index contributed by atoms with van der Waals surface area (Å²) in [6.45, 7) is 0.0215. The minimum atomic E-state index is -1.86. The Balaban J connectivity index is 2.19. The summed E-state index contributed by atoms with van der Waals surface area (Å²) in [6, 6.07) is 0. The minimum Gasteiger partial charge on any atom is -0.268 e. The average Bonchev–Trinajstić information content (AvgIpc) is 2.54. The van der Waals surface area contributed by atoms with Crippen LogP contribution in [0.4, 0.5) is 0 Å². The lowest BCUT2D eigenvalue weighted by atomic mass is 9.83. The van der Waals surface area contributed by atoms with Crippen molar-refractivity contribution in [1.82, 2.24) is 0 Å². The number of allylic oxidation sites excluding steroid dienone is 2. The van der Waals surface area contributed by atoms with E-state index in [1.165, 1.54) is 0 Å². The summed E-state index contributed by atoms with van der Waals surface area (Å²) in [5.74, 6) is -0.911. The number of hydrogen-bond acceptors (Lipinski definition) is 3. The highest BCUT2D eigenvalue weighted by molar-refractivity contribution is 7.75. The lowest BCUT2D eigenvalue weighted by Crippen LogP contribution is -2.45. The SMILES string of the molecule is O=S1OC[C@@H]2[C@@H](CO1)[C@@]1(Cl)C(Cl)=C(Cl)[C@]2(Cl)C1(Cl)Cl. The molecule has 2 aliphatic carbocycles. The van der Waals surface area contributed by atoms with Crippen molar-refractivity contribution < 1.29 is 12.6 Å². The van der Waals surface area contributed by atoms with Gasteiger partial charge in [-0.25, -0.2) is 0 Å². The molecule has 1 aliphatic heterocycles. The molecule has 1 unspecified atom stereocenters. The first-order chi connectivity index (χ1) is 8.69. The summed E-state index contributed by atoms with van der Waals surface area (Å²) in [6.07, 6.45) is 0. The lowest BCUT2D eigenvalue weighted by Gasteiger charge is -2.33. The van der Waals surface area contributed by atoms with Gasteiger partial charge in [-0.3, -0.25) is 8.37 Å². The highest BCUT2D eigenvalue weighted by Crippen LogP contribution is 2.76. The summed E-state index contributed by atoms with van der Waals surface area (Å²) < 4.78 is 19.7. The number of halogens is 6. The molecule has 0 aromatic rings. The van der Waals surface area contributed by atoms with E-state index in [1.807, 2.05) is 0 Å². The molecule has 1 saturated heterocycles. The first-order valence-corrected chi connectivity index (χ1v) is 8.46. The van der Waals surface area contributed by atoms with Gasteiger partial charge in [0.15, 0.2) is 4.33 Å². The van der Waals surface area contributed by atoms with E-state index in [2.05, 4.69) is 0 Å². The van der Waals surface area contributed by atoms with Crippen molar-refractivity contribution in [3.05, 3.63) is 10.1 Å². The summed E-state index contributed by atoms with van der Waals surface area (Å²) in [4.78, 5) is -2.78. The Kier molecular flexibility index (Phi) is 3.68. The predicted octanol–water partition coefficient (Wildman–Crippen LogP) is 3.69. The van der Waals surface area contributed by atoms with E-state index in [9.17, 15) is 4.21 Å². The fraction of sp³-hybridized carbons (Fsp3) is 0.778. The van der Waals surface area contributed by atoms with Crippen LogP contribution in [0, 0.1) is 11.8 Å². The highest BCUT2D eigenvalue weighted by Gasteiger charge is 2.82. The molecule has 0 N–H and O–H groups in total. The summed E-state index contributed by atoms with van der Waals surface area (Å²) in [5.41, 5.74) is 0. The maximum atomic E-state index is 11.3. The standard InChI is InChI=1S/C9H6Cl6O3S/c10-5-6(11)8(13)4-2-18-19(16)17-1-3(4)7(5,12)9(8,14)15/h3-4H,1-2H2/t3-,4-,7-,8+,19?/m1/s1. The molecule has 0 aromatic carbocycles. The number of alkyl halides is 4. The highest BCUT2D eigenvalue weighted by atomic mass is 35.5. The molecule has 108 valence electrons. The van der Waals surface area contributed by atoms with E-state index in [-0.39, 0.29) is 23.3 Å². The third kappa shape index (κ3) is 1.59. The average molecular weight is 407 g/mol. The van der Waals surface area contributed by atoms with Crippen LogP contribution >= 0.6 is 69.6 Å². The monoisotopic (exact) mass is 404 g/mol. The first-order valence-electron chi connectivity index (χ1n) is 5.19. The molecule has 1 heterocycles. The molecule has 10 heteroatoms. The zero-order valence-corrected chi connectivity index (χ0v) is 14.3. The van der Waals surface area contributed by atoms with E-state index in [0.29, 0.717) is 0 Å². The Bertz CT molecular complexity index is 470. The normalized spacial score (nSPS) is 52.2. The van der Waals surface area contributed by atoms with Gasteiger partial charge in [0.1, 0.15) is 9.75 Å². The molecule has 19 heavy (non-hydrogen) atoms. The largest absolute Gasteiger partial charge is 0.304 e. The van der Waals surface area contributed by atoms with Crippen LogP contribution in [0.3, 0.4) is 0 Å². The van der Waals surface area contributed by atoms with Gasteiger partial charge in [-0.1, -0.05) is 46.4 Å². The predicted molar refractivity (Wildman–Crippen MR) is 77.4 cm³/mol. The van der Waals surface area contributed by atoms with E-state index in [0.717, 1.165) is 0 Å². The Morgan fingerprint density at radius 1 is 0.947 bits per heavy atom. The van der Waals surface area contributed by atoms with Crippen molar-refractivity contribution in [2.75, 3.05) is 13.2 Å². The van der Waals surface area contributed by atoms with E-state index >= 15 is 0 Å². The smallest absolute Gasteiger partial charge is 0.268 e. The van der Waals surface area contributed by atoms with Crippen molar-refractivity contribution in [2.24, 2.45) is 11.8 Å².